The molecule has 4 aliphatic rings. The van der Waals surface area contributed by atoms with Crippen LogP contribution in [-0.2, 0) is 4.79 Å². The summed E-state index contributed by atoms with van der Waals surface area (Å²) in [6.45, 7) is 12.0. The average molecular weight is 413 g/mol. The Bertz CT molecular complexity index is 742. The summed E-state index contributed by atoms with van der Waals surface area (Å²) < 4.78 is 0. The third kappa shape index (κ3) is 3.51. The van der Waals surface area contributed by atoms with Crippen molar-refractivity contribution in [1.82, 2.24) is 0 Å². The van der Waals surface area contributed by atoms with Gasteiger partial charge >= 0.3 is 5.97 Å². The molecule has 0 aromatic heterocycles. The van der Waals surface area contributed by atoms with Crippen molar-refractivity contribution in [2.75, 3.05) is 0 Å². The molecule has 0 unspecified atom stereocenters. The highest BCUT2D eigenvalue weighted by Gasteiger charge is 2.57. The summed E-state index contributed by atoms with van der Waals surface area (Å²) in [6.07, 6.45) is 15.8. The van der Waals surface area contributed by atoms with E-state index in [0.717, 1.165) is 37.0 Å². The quantitative estimate of drug-likeness (QED) is 0.468. The third-order valence-electron chi connectivity index (χ3n) is 10.2. The lowest BCUT2D eigenvalue weighted by Gasteiger charge is -2.55. The van der Waals surface area contributed by atoms with E-state index in [1.54, 1.807) is 11.1 Å². The third-order valence-corrected chi connectivity index (χ3v) is 10.2. The molecule has 0 bridgehead atoms. The molecule has 0 aromatic rings. The fourth-order valence-corrected chi connectivity index (χ4v) is 8.73. The van der Waals surface area contributed by atoms with E-state index in [4.69, 9.17) is 0 Å². The molecule has 2 fully saturated rings. The number of allylic oxidation sites excluding steroid dienone is 4. The predicted molar refractivity (Wildman–Crippen MR) is 124 cm³/mol. The van der Waals surface area contributed by atoms with Gasteiger partial charge in [-0.3, -0.25) is 4.79 Å². The molecule has 30 heavy (non-hydrogen) atoms. The standard InChI is InChI=1S/C28H44O2/c1-18(2)8-6-9-19(3)22-13-14-23-20-11-12-24-21(26(29)30)10-7-16-27(24,4)25(20)15-17-28(22,23)5/h8,19,21-24H,6-7,9-17H2,1-5H3,(H,29,30)/t19-,21-,22-,23+,24+,27+,28-/m1/s1. The highest BCUT2D eigenvalue weighted by molar-refractivity contribution is 5.71. The number of hydrogen-bond acceptors (Lipinski definition) is 1. The highest BCUT2D eigenvalue weighted by Crippen LogP contribution is 2.66. The molecule has 2 heteroatoms. The molecule has 0 amide bonds. The van der Waals surface area contributed by atoms with Gasteiger partial charge in [-0.15, -0.1) is 0 Å². The average Bonchev–Trinajstić information content (AvgIpc) is 3.03. The normalized spacial score (nSPS) is 41.5. The molecule has 0 aliphatic heterocycles. The van der Waals surface area contributed by atoms with Gasteiger partial charge in [0.15, 0.2) is 0 Å². The van der Waals surface area contributed by atoms with E-state index in [2.05, 4.69) is 40.7 Å². The van der Waals surface area contributed by atoms with Crippen molar-refractivity contribution >= 4 is 5.97 Å². The zero-order valence-corrected chi connectivity index (χ0v) is 20.1. The SMILES string of the molecule is CC(C)=CCC[C@@H](C)[C@H]1CC[C@H]2C3=C(CC[C@]12C)[C@@]1(C)CCC[C@@H](C(=O)O)[C@@H]1CC3. The zero-order chi connectivity index (χ0) is 21.7. The van der Waals surface area contributed by atoms with Gasteiger partial charge in [0, 0.05) is 0 Å². The van der Waals surface area contributed by atoms with Crippen molar-refractivity contribution in [2.24, 2.45) is 40.4 Å². The molecular formula is C28H44O2. The Hall–Kier alpha value is -1.05. The van der Waals surface area contributed by atoms with Crippen LogP contribution >= 0.6 is 0 Å². The van der Waals surface area contributed by atoms with Crippen LogP contribution in [0.25, 0.3) is 0 Å². The molecule has 168 valence electrons. The number of fused-ring (bicyclic) bond motifs is 4. The maximum atomic E-state index is 12.0. The number of rotatable bonds is 5. The topological polar surface area (TPSA) is 37.3 Å². The van der Waals surface area contributed by atoms with Crippen LogP contribution < -0.4 is 0 Å². The number of carbonyl (C=O) groups is 1. The van der Waals surface area contributed by atoms with E-state index >= 15 is 0 Å². The lowest BCUT2D eigenvalue weighted by Crippen LogP contribution is -2.47. The lowest BCUT2D eigenvalue weighted by molar-refractivity contribution is -0.148. The molecule has 2 nitrogen and oxygen atoms in total. The first-order valence-corrected chi connectivity index (χ1v) is 12.8. The van der Waals surface area contributed by atoms with Gasteiger partial charge in [0.1, 0.15) is 0 Å². The van der Waals surface area contributed by atoms with Crippen LogP contribution in [0, 0.1) is 40.4 Å². The zero-order valence-electron chi connectivity index (χ0n) is 20.1. The van der Waals surface area contributed by atoms with Gasteiger partial charge in [-0.25, -0.2) is 0 Å². The maximum absolute atomic E-state index is 12.0. The molecule has 0 radical (unpaired) electrons. The molecule has 4 aliphatic carbocycles. The number of aliphatic carboxylic acids is 1. The van der Waals surface area contributed by atoms with Gasteiger partial charge < -0.3 is 5.11 Å². The van der Waals surface area contributed by atoms with E-state index in [1.807, 2.05) is 0 Å². The highest BCUT2D eigenvalue weighted by atomic mass is 16.4. The van der Waals surface area contributed by atoms with Crippen LogP contribution in [0.15, 0.2) is 22.8 Å². The van der Waals surface area contributed by atoms with E-state index in [0.29, 0.717) is 11.3 Å². The maximum Gasteiger partial charge on any atom is 0.306 e. The summed E-state index contributed by atoms with van der Waals surface area (Å²) >= 11 is 0. The van der Waals surface area contributed by atoms with Crippen LogP contribution in [0.2, 0.25) is 0 Å². The van der Waals surface area contributed by atoms with Crippen LogP contribution in [0.1, 0.15) is 105 Å². The van der Waals surface area contributed by atoms with Crippen LogP contribution in [0.5, 0.6) is 0 Å². The molecular weight excluding hydrogens is 368 g/mol. The second kappa shape index (κ2) is 8.14. The van der Waals surface area contributed by atoms with Crippen molar-refractivity contribution in [3.63, 3.8) is 0 Å². The summed E-state index contributed by atoms with van der Waals surface area (Å²) in [5.74, 6) is 2.13. The van der Waals surface area contributed by atoms with Crippen molar-refractivity contribution in [3.8, 4) is 0 Å². The molecule has 0 spiro atoms. The fourth-order valence-electron chi connectivity index (χ4n) is 8.73. The second-order valence-electron chi connectivity index (χ2n) is 12.0. The first-order chi connectivity index (χ1) is 14.2. The largest absolute Gasteiger partial charge is 0.481 e. The summed E-state index contributed by atoms with van der Waals surface area (Å²) in [4.78, 5) is 12.0. The Morgan fingerprint density at radius 1 is 1.13 bits per heavy atom. The van der Waals surface area contributed by atoms with Gasteiger partial charge in [-0.05, 0) is 113 Å². The van der Waals surface area contributed by atoms with Crippen molar-refractivity contribution in [1.29, 1.82) is 0 Å². The molecule has 4 rings (SSSR count). The monoisotopic (exact) mass is 412 g/mol. The van der Waals surface area contributed by atoms with E-state index in [-0.39, 0.29) is 11.3 Å². The Kier molecular flexibility index (Phi) is 6.01. The second-order valence-corrected chi connectivity index (χ2v) is 12.0. The number of carboxylic acid groups (broad SMARTS) is 1. The Morgan fingerprint density at radius 2 is 1.90 bits per heavy atom. The van der Waals surface area contributed by atoms with E-state index in [9.17, 15) is 9.90 Å². The van der Waals surface area contributed by atoms with E-state index in [1.165, 1.54) is 56.9 Å². The van der Waals surface area contributed by atoms with Gasteiger partial charge in [0.25, 0.3) is 0 Å². The summed E-state index contributed by atoms with van der Waals surface area (Å²) in [7, 11) is 0. The van der Waals surface area contributed by atoms with Crippen LogP contribution in [0.4, 0.5) is 0 Å². The minimum Gasteiger partial charge on any atom is -0.481 e. The Labute approximate surface area is 184 Å². The number of carboxylic acids is 1. The summed E-state index contributed by atoms with van der Waals surface area (Å²) in [5.41, 5.74) is 5.59. The number of hydrogen-bond donors (Lipinski definition) is 1. The van der Waals surface area contributed by atoms with Gasteiger partial charge in [0.2, 0.25) is 0 Å². The summed E-state index contributed by atoms with van der Waals surface area (Å²) in [5, 5.41) is 9.86. The minimum absolute atomic E-state index is 0.113. The summed E-state index contributed by atoms with van der Waals surface area (Å²) in [6, 6.07) is 0. The molecule has 7 atom stereocenters. The molecule has 0 aromatic carbocycles. The van der Waals surface area contributed by atoms with Crippen LogP contribution in [-0.4, -0.2) is 11.1 Å². The van der Waals surface area contributed by atoms with Crippen LogP contribution in [0.3, 0.4) is 0 Å². The van der Waals surface area contributed by atoms with Gasteiger partial charge in [-0.2, -0.15) is 0 Å². The predicted octanol–water partition coefficient (Wildman–Crippen LogP) is 7.79. The molecule has 0 saturated heterocycles. The molecule has 2 saturated carbocycles. The van der Waals surface area contributed by atoms with Crippen molar-refractivity contribution in [3.05, 3.63) is 22.8 Å². The smallest absolute Gasteiger partial charge is 0.306 e. The minimum atomic E-state index is -0.540. The first kappa shape index (κ1) is 22.2. The molecule has 0 heterocycles. The Balaban J connectivity index is 1.58. The van der Waals surface area contributed by atoms with Crippen molar-refractivity contribution in [2.45, 2.75) is 105 Å². The first-order valence-electron chi connectivity index (χ1n) is 12.8. The fraction of sp³-hybridized carbons (Fsp3) is 0.821. The Morgan fingerprint density at radius 3 is 2.60 bits per heavy atom. The molecule has 1 N–H and O–H groups in total. The van der Waals surface area contributed by atoms with Crippen molar-refractivity contribution < 1.29 is 9.90 Å². The van der Waals surface area contributed by atoms with E-state index < -0.39 is 5.97 Å². The van der Waals surface area contributed by atoms with Gasteiger partial charge in [0.05, 0.1) is 5.92 Å². The lowest BCUT2D eigenvalue weighted by atomic mass is 9.49. The van der Waals surface area contributed by atoms with Gasteiger partial charge in [-0.1, -0.05) is 50.0 Å².